The van der Waals surface area contributed by atoms with E-state index in [0.29, 0.717) is 12.6 Å². The average Bonchev–Trinajstić information content (AvgIpc) is 3.02. The second-order valence-corrected chi connectivity index (χ2v) is 6.41. The third kappa shape index (κ3) is 4.68. The van der Waals surface area contributed by atoms with Crippen LogP contribution in [-0.4, -0.2) is 55.2 Å². The van der Waals surface area contributed by atoms with Gasteiger partial charge in [-0.15, -0.1) is 0 Å². The number of hydrogen-bond acceptors (Lipinski definition) is 3. The summed E-state index contributed by atoms with van der Waals surface area (Å²) in [4.78, 5) is 4.73. The van der Waals surface area contributed by atoms with Crippen LogP contribution in [0, 0.1) is 0 Å². The highest BCUT2D eigenvalue weighted by molar-refractivity contribution is 5.24. The van der Waals surface area contributed by atoms with E-state index in [4.69, 9.17) is 4.74 Å². The fourth-order valence-corrected chi connectivity index (χ4v) is 3.26. The molecule has 1 unspecified atom stereocenters. The van der Waals surface area contributed by atoms with Gasteiger partial charge in [0.2, 0.25) is 0 Å². The van der Waals surface area contributed by atoms with E-state index in [1.165, 1.54) is 18.6 Å². The number of ether oxygens (including phenoxy) is 1. The molecule has 3 nitrogen and oxygen atoms in total. The summed E-state index contributed by atoms with van der Waals surface area (Å²) in [5, 5.41) is 0. The van der Waals surface area contributed by atoms with Crippen molar-refractivity contribution in [3.05, 3.63) is 35.4 Å². The van der Waals surface area contributed by atoms with Crippen molar-refractivity contribution in [2.45, 2.75) is 31.7 Å². The van der Waals surface area contributed by atoms with Crippen LogP contribution in [0.4, 0.5) is 13.2 Å². The summed E-state index contributed by atoms with van der Waals surface area (Å²) in [6.45, 7) is 6.51. The minimum Gasteiger partial charge on any atom is -0.377 e. The number of alkyl halides is 3. The molecular weight excluding hydrogens is 305 g/mol. The van der Waals surface area contributed by atoms with Crippen molar-refractivity contribution in [2.75, 3.05) is 39.3 Å². The van der Waals surface area contributed by atoms with E-state index in [9.17, 15) is 13.2 Å². The molecule has 2 heterocycles. The zero-order valence-corrected chi connectivity index (χ0v) is 13.2. The molecule has 2 saturated heterocycles. The first-order valence-corrected chi connectivity index (χ1v) is 8.23. The highest BCUT2D eigenvalue weighted by Crippen LogP contribution is 2.29. The Hall–Kier alpha value is -1.11. The first-order chi connectivity index (χ1) is 11.0. The number of halogens is 3. The van der Waals surface area contributed by atoms with E-state index < -0.39 is 11.7 Å². The SMILES string of the molecule is FC(F)(F)c1ccc(CN2CCN(CC3CCCO3)CC2)cc1. The molecule has 128 valence electrons. The second-order valence-electron chi connectivity index (χ2n) is 6.41. The van der Waals surface area contributed by atoms with Crippen LogP contribution in [0.1, 0.15) is 24.0 Å². The summed E-state index contributed by atoms with van der Waals surface area (Å²) in [6.07, 6.45) is -1.55. The maximum Gasteiger partial charge on any atom is 0.416 e. The van der Waals surface area contributed by atoms with E-state index in [-0.39, 0.29) is 0 Å². The number of benzene rings is 1. The van der Waals surface area contributed by atoms with Gasteiger partial charge in [-0.3, -0.25) is 9.80 Å². The Morgan fingerprint density at radius 3 is 2.22 bits per heavy atom. The van der Waals surface area contributed by atoms with Gasteiger partial charge >= 0.3 is 6.18 Å². The fourth-order valence-electron chi connectivity index (χ4n) is 3.26. The zero-order chi connectivity index (χ0) is 16.3. The fraction of sp³-hybridized carbons (Fsp3) is 0.647. The van der Waals surface area contributed by atoms with Crippen LogP contribution in [0.5, 0.6) is 0 Å². The van der Waals surface area contributed by atoms with Gasteiger partial charge in [-0.1, -0.05) is 12.1 Å². The molecule has 1 atom stereocenters. The van der Waals surface area contributed by atoms with Gasteiger partial charge in [-0.05, 0) is 30.5 Å². The highest BCUT2D eigenvalue weighted by atomic mass is 19.4. The molecule has 2 fully saturated rings. The second kappa shape index (κ2) is 7.20. The molecule has 0 saturated carbocycles. The van der Waals surface area contributed by atoms with E-state index >= 15 is 0 Å². The monoisotopic (exact) mass is 328 g/mol. The van der Waals surface area contributed by atoms with Crippen molar-refractivity contribution < 1.29 is 17.9 Å². The van der Waals surface area contributed by atoms with E-state index in [1.807, 2.05) is 0 Å². The predicted octanol–water partition coefficient (Wildman–Crippen LogP) is 3.00. The Kier molecular flexibility index (Phi) is 5.24. The van der Waals surface area contributed by atoms with Crippen molar-refractivity contribution in [3.8, 4) is 0 Å². The first-order valence-electron chi connectivity index (χ1n) is 8.23. The Morgan fingerprint density at radius 2 is 1.65 bits per heavy atom. The smallest absolute Gasteiger partial charge is 0.377 e. The van der Waals surface area contributed by atoms with Gasteiger partial charge in [0.25, 0.3) is 0 Å². The lowest BCUT2D eigenvalue weighted by Crippen LogP contribution is -2.48. The van der Waals surface area contributed by atoms with Crippen molar-refractivity contribution in [1.29, 1.82) is 0 Å². The summed E-state index contributed by atoms with van der Waals surface area (Å²) < 4.78 is 43.4. The van der Waals surface area contributed by atoms with E-state index in [0.717, 1.165) is 51.3 Å². The van der Waals surface area contributed by atoms with Crippen LogP contribution in [0.15, 0.2) is 24.3 Å². The summed E-state index contributed by atoms with van der Waals surface area (Å²) in [7, 11) is 0. The topological polar surface area (TPSA) is 15.7 Å². The molecule has 0 spiro atoms. The Balaban J connectivity index is 1.45. The summed E-state index contributed by atoms with van der Waals surface area (Å²) in [5.74, 6) is 0. The number of hydrogen-bond donors (Lipinski definition) is 0. The molecule has 3 rings (SSSR count). The third-order valence-corrected chi connectivity index (χ3v) is 4.64. The van der Waals surface area contributed by atoms with Crippen LogP contribution in [0.2, 0.25) is 0 Å². The standard InChI is InChI=1S/C17H23F3N2O/c18-17(19,20)15-5-3-14(4-6-15)12-21-7-9-22(10-8-21)13-16-2-1-11-23-16/h3-6,16H,1-2,7-13H2. The summed E-state index contributed by atoms with van der Waals surface area (Å²) in [6, 6.07) is 5.51. The molecule has 1 aromatic rings. The highest BCUT2D eigenvalue weighted by Gasteiger charge is 2.30. The molecule has 6 heteroatoms. The van der Waals surface area contributed by atoms with Gasteiger partial charge < -0.3 is 4.74 Å². The van der Waals surface area contributed by atoms with Gasteiger partial charge in [0.1, 0.15) is 0 Å². The molecule has 23 heavy (non-hydrogen) atoms. The van der Waals surface area contributed by atoms with Crippen LogP contribution in [0.25, 0.3) is 0 Å². The lowest BCUT2D eigenvalue weighted by molar-refractivity contribution is -0.137. The number of rotatable bonds is 4. The van der Waals surface area contributed by atoms with E-state index in [1.54, 1.807) is 12.1 Å². The van der Waals surface area contributed by atoms with E-state index in [2.05, 4.69) is 9.80 Å². The third-order valence-electron chi connectivity index (χ3n) is 4.64. The molecule has 0 amide bonds. The molecule has 2 aliphatic rings. The van der Waals surface area contributed by atoms with Crippen LogP contribution in [0.3, 0.4) is 0 Å². The molecule has 2 aliphatic heterocycles. The quantitative estimate of drug-likeness (QED) is 0.845. The summed E-state index contributed by atoms with van der Waals surface area (Å²) in [5.41, 5.74) is 0.355. The predicted molar refractivity (Wildman–Crippen MR) is 82.1 cm³/mol. The largest absolute Gasteiger partial charge is 0.416 e. The van der Waals surface area contributed by atoms with Crippen LogP contribution >= 0.6 is 0 Å². The van der Waals surface area contributed by atoms with Gasteiger partial charge in [0.05, 0.1) is 11.7 Å². The lowest BCUT2D eigenvalue weighted by atomic mass is 10.1. The molecule has 1 aromatic carbocycles. The maximum atomic E-state index is 12.6. The van der Waals surface area contributed by atoms with Crippen molar-refractivity contribution >= 4 is 0 Å². The molecule has 0 aromatic heterocycles. The lowest BCUT2D eigenvalue weighted by Gasteiger charge is -2.35. The maximum absolute atomic E-state index is 12.6. The first kappa shape index (κ1) is 16.7. The van der Waals surface area contributed by atoms with Crippen molar-refractivity contribution in [2.24, 2.45) is 0 Å². The van der Waals surface area contributed by atoms with Crippen molar-refractivity contribution in [3.63, 3.8) is 0 Å². The van der Waals surface area contributed by atoms with Crippen LogP contribution < -0.4 is 0 Å². The molecule has 0 N–H and O–H groups in total. The molecular formula is C17H23F3N2O. The Morgan fingerprint density at radius 1 is 1.00 bits per heavy atom. The Bertz CT molecular complexity index is 490. The minimum atomic E-state index is -4.26. The van der Waals surface area contributed by atoms with Gasteiger partial charge in [-0.25, -0.2) is 0 Å². The number of nitrogens with zero attached hydrogens (tertiary/aromatic N) is 2. The number of piperazine rings is 1. The van der Waals surface area contributed by atoms with Gasteiger partial charge in [0, 0.05) is 45.9 Å². The van der Waals surface area contributed by atoms with Gasteiger partial charge in [-0.2, -0.15) is 13.2 Å². The minimum absolute atomic E-state index is 0.386. The Labute approximate surface area is 135 Å². The molecule has 0 bridgehead atoms. The molecule has 0 aliphatic carbocycles. The summed E-state index contributed by atoms with van der Waals surface area (Å²) >= 11 is 0. The average molecular weight is 328 g/mol. The van der Waals surface area contributed by atoms with Crippen LogP contribution in [-0.2, 0) is 17.5 Å². The molecule has 0 radical (unpaired) electrons. The van der Waals surface area contributed by atoms with Gasteiger partial charge in [0.15, 0.2) is 0 Å². The normalized spacial score (nSPS) is 24.2. The zero-order valence-electron chi connectivity index (χ0n) is 13.2. The van der Waals surface area contributed by atoms with Crippen molar-refractivity contribution in [1.82, 2.24) is 9.80 Å².